The van der Waals surface area contributed by atoms with Gasteiger partial charge in [-0.25, -0.2) is 14.4 Å². The highest BCUT2D eigenvalue weighted by atomic mass is 19.1. The van der Waals surface area contributed by atoms with Crippen LogP contribution in [0.4, 0.5) is 10.2 Å². The molecule has 1 aromatic carbocycles. The van der Waals surface area contributed by atoms with Gasteiger partial charge in [-0.15, -0.1) is 10.2 Å². The average Bonchev–Trinajstić information content (AvgIpc) is 3.27. The van der Waals surface area contributed by atoms with Gasteiger partial charge in [-0.05, 0) is 43.5 Å². The summed E-state index contributed by atoms with van der Waals surface area (Å²) in [5.74, 6) is 1.36. The number of hydrogen-bond acceptors (Lipinski definition) is 8. The van der Waals surface area contributed by atoms with Crippen molar-refractivity contribution in [3.05, 3.63) is 42.7 Å². The Morgan fingerprint density at radius 2 is 1.94 bits per heavy atom. The van der Waals surface area contributed by atoms with Crippen LogP contribution in [0.3, 0.4) is 0 Å². The standard InChI is InChI=1S/C23H25FN6O2/c1-32-23-11-20(25-13-26-23)14-2-3-18(21(31)8-14)19-4-5-22(29-28-19)30-7-6-16(12-30)27-17-9-15(24)10-17/h2-5,8,11,13,15-17,27,31H,6-7,9-10,12H2,1H3/t15?,16-,17?/m0/s1. The Hall–Kier alpha value is -3.33. The molecule has 8 nitrogen and oxygen atoms in total. The van der Waals surface area contributed by atoms with Gasteiger partial charge in [0.15, 0.2) is 5.82 Å². The third-order valence-electron chi connectivity index (χ3n) is 6.14. The van der Waals surface area contributed by atoms with Gasteiger partial charge in [0, 0.05) is 42.4 Å². The number of anilines is 1. The van der Waals surface area contributed by atoms with E-state index < -0.39 is 6.17 Å². The number of aromatic hydroxyl groups is 1. The molecule has 3 aromatic rings. The van der Waals surface area contributed by atoms with Crippen molar-refractivity contribution in [3.63, 3.8) is 0 Å². The number of aromatic nitrogens is 4. The predicted octanol–water partition coefficient (Wildman–Crippen LogP) is 2.98. The molecule has 2 fully saturated rings. The molecule has 0 bridgehead atoms. The van der Waals surface area contributed by atoms with Crippen molar-refractivity contribution >= 4 is 5.82 Å². The van der Waals surface area contributed by atoms with E-state index in [-0.39, 0.29) is 5.75 Å². The number of benzene rings is 1. The molecule has 0 spiro atoms. The van der Waals surface area contributed by atoms with Crippen LogP contribution in [0, 0.1) is 0 Å². The fraction of sp³-hybridized carbons (Fsp3) is 0.391. The third kappa shape index (κ3) is 4.20. The van der Waals surface area contributed by atoms with Gasteiger partial charge in [-0.3, -0.25) is 0 Å². The molecule has 3 heterocycles. The number of nitrogens with one attached hydrogen (secondary N) is 1. The largest absolute Gasteiger partial charge is 0.507 e. The van der Waals surface area contributed by atoms with Gasteiger partial charge in [-0.2, -0.15) is 0 Å². The molecule has 1 atom stereocenters. The predicted molar refractivity (Wildman–Crippen MR) is 118 cm³/mol. The lowest BCUT2D eigenvalue weighted by molar-refractivity contribution is 0.148. The number of ether oxygens (including phenoxy) is 1. The minimum absolute atomic E-state index is 0.0965. The van der Waals surface area contributed by atoms with Crippen LogP contribution in [0.2, 0.25) is 0 Å². The van der Waals surface area contributed by atoms with Crippen LogP contribution >= 0.6 is 0 Å². The van der Waals surface area contributed by atoms with Crippen LogP contribution in [0.5, 0.6) is 11.6 Å². The number of rotatable bonds is 6. The van der Waals surface area contributed by atoms with Crippen molar-refractivity contribution < 1.29 is 14.2 Å². The fourth-order valence-corrected chi connectivity index (χ4v) is 4.28. The molecule has 166 valence electrons. The van der Waals surface area contributed by atoms with Crippen LogP contribution in [-0.2, 0) is 0 Å². The molecule has 32 heavy (non-hydrogen) atoms. The monoisotopic (exact) mass is 436 g/mol. The van der Waals surface area contributed by atoms with E-state index in [0.29, 0.717) is 47.8 Å². The lowest BCUT2D eigenvalue weighted by atomic mass is 9.90. The summed E-state index contributed by atoms with van der Waals surface area (Å²) in [4.78, 5) is 10.4. The maximum Gasteiger partial charge on any atom is 0.216 e. The summed E-state index contributed by atoms with van der Waals surface area (Å²) in [6, 6.07) is 11.5. The molecule has 1 aliphatic carbocycles. The van der Waals surface area contributed by atoms with Gasteiger partial charge in [0.05, 0.1) is 18.5 Å². The van der Waals surface area contributed by atoms with Crippen molar-refractivity contribution in [2.24, 2.45) is 0 Å². The minimum Gasteiger partial charge on any atom is -0.507 e. The molecule has 9 heteroatoms. The number of nitrogens with zero attached hydrogens (tertiary/aromatic N) is 5. The Balaban J connectivity index is 1.27. The van der Waals surface area contributed by atoms with Gasteiger partial charge in [0.2, 0.25) is 5.88 Å². The molecule has 5 rings (SSSR count). The average molecular weight is 436 g/mol. The van der Waals surface area contributed by atoms with Gasteiger partial charge >= 0.3 is 0 Å². The second kappa shape index (κ2) is 8.66. The number of methoxy groups -OCH3 is 1. The number of halogens is 1. The van der Waals surface area contributed by atoms with Crippen LogP contribution in [0.15, 0.2) is 42.7 Å². The summed E-state index contributed by atoms with van der Waals surface area (Å²) in [5, 5.41) is 22.8. The van der Waals surface area contributed by atoms with Gasteiger partial charge < -0.3 is 20.1 Å². The van der Waals surface area contributed by atoms with E-state index in [2.05, 4.69) is 30.4 Å². The third-order valence-corrected chi connectivity index (χ3v) is 6.14. The van der Waals surface area contributed by atoms with Crippen molar-refractivity contribution in [1.82, 2.24) is 25.5 Å². The zero-order chi connectivity index (χ0) is 22.1. The number of alkyl halides is 1. The molecule has 0 unspecified atom stereocenters. The molecule has 1 saturated heterocycles. The molecule has 2 aliphatic rings. The zero-order valence-corrected chi connectivity index (χ0v) is 17.8. The molecule has 1 aliphatic heterocycles. The topological polar surface area (TPSA) is 96.3 Å². The minimum atomic E-state index is -0.641. The molecule has 2 aromatic heterocycles. The number of phenolic OH excluding ortho intramolecular Hbond substituents is 1. The van der Waals surface area contributed by atoms with Gasteiger partial charge in [0.1, 0.15) is 18.2 Å². The summed E-state index contributed by atoms with van der Waals surface area (Å²) in [5.41, 5.74) is 2.59. The lowest BCUT2D eigenvalue weighted by Crippen LogP contribution is -2.48. The number of hydrogen-bond donors (Lipinski definition) is 2. The fourth-order valence-electron chi connectivity index (χ4n) is 4.28. The Morgan fingerprint density at radius 3 is 2.66 bits per heavy atom. The van der Waals surface area contributed by atoms with E-state index in [1.54, 1.807) is 25.3 Å². The highest BCUT2D eigenvalue weighted by Gasteiger charge is 2.33. The maximum absolute atomic E-state index is 13.0. The summed E-state index contributed by atoms with van der Waals surface area (Å²) in [7, 11) is 1.54. The summed E-state index contributed by atoms with van der Waals surface area (Å²) in [6.45, 7) is 1.73. The molecular formula is C23H25FN6O2. The maximum atomic E-state index is 13.0. The lowest BCUT2D eigenvalue weighted by Gasteiger charge is -2.33. The van der Waals surface area contributed by atoms with Crippen molar-refractivity contribution in [1.29, 1.82) is 0 Å². The van der Waals surface area contributed by atoms with E-state index in [4.69, 9.17) is 4.74 Å². The van der Waals surface area contributed by atoms with Gasteiger partial charge in [-0.1, -0.05) is 6.07 Å². The van der Waals surface area contributed by atoms with Crippen LogP contribution < -0.4 is 15.0 Å². The summed E-state index contributed by atoms with van der Waals surface area (Å²) < 4.78 is 18.2. The number of phenols is 1. The van der Waals surface area contributed by atoms with E-state index >= 15 is 0 Å². The van der Waals surface area contributed by atoms with E-state index in [0.717, 1.165) is 30.9 Å². The Kier molecular flexibility index (Phi) is 5.57. The first kappa shape index (κ1) is 20.6. The first-order valence-corrected chi connectivity index (χ1v) is 10.8. The Bertz CT molecular complexity index is 1090. The normalized spacial score (nSPS) is 22.6. The molecular weight excluding hydrogens is 411 g/mol. The molecule has 0 radical (unpaired) electrons. The molecule has 0 amide bonds. The van der Waals surface area contributed by atoms with Gasteiger partial charge in [0.25, 0.3) is 0 Å². The van der Waals surface area contributed by atoms with E-state index in [1.807, 2.05) is 18.2 Å². The second-order valence-electron chi connectivity index (χ2n) is 8.32. The Morgan fingerprint density at radius 1 is 1.06 bits per heavy atom. The highest BCUT2D eigenvalue weighted by molar-refractivity contribution is 5.73. The smallest absolute Gasteiger partial charge is 0.216 e. The van der Waals surface area contributed by atoms with Crippen LogP contribution in [0.25, 0.3) is 22.5 Å². The van der Waals surface area contributed by atoms with Crippen molar-refractivity contribution in [2.75, 3.05) is 25.1 Å². The van der Waals surface area contributed by atoms with Crippen LogP contribution in [-0.4, -0.2) is 63.7 Å². The Labute approximate surface area is 185 Å². The van der Waals surface area contributed by atoms with Crippen molar-refractivity contribution in [3.8, 4) is 34.1 Å². The van der Waals surface area contributed by atoms with E-state index in [1.165, 1.54) is 6.33 Å². The zero-order valence-electron chi connectivity index (χ0n) is 17.8. The second-order valence-corrected chi connectivity index (χ2v) is 8.32. The SMILES string of the molecule is COc1cc(-c2ccc(-c3ccc(N4CC[C@H](NC5CC(F)C5)C4)nn3)c(O)c2)ncn1. The summed E-state index contributed by atoms with van der Waals surface area (Å²) in [6.07, 6.45) is 3.03. The first-order valence-electron chi connectivity index (χ1n) is 10.8. The quantitative estimate of drug-likeness (QED) is 0.609. The van der Waals surface area contributed by atoms with E-state index in [9.17, 15) is 9.50 Å². The highest BCUT2D eigenvalue weighted by Crippen LogP contribution is 2.33. The summed E-state index contributed by atoms with van der Waals surface area (Å²) >= 11 is 0. The van der Waals surface area contributed by atoms with Crippen molar-refractivity contribution in [2.45, 2.75) is 37.5 Å². The first-order chi connectivity index (χ1) is 15.6. The molecule has 2 N–H and O–H groups in total. The molecule has 1 saturated carbocycles. The van der Waals surface area contributed by atoms with Crippen LogP contribution in [0.1, 0.15) is 19.3 Å².